The van der Waals surface area contributed by atoms with E-state index in [9.17, 15) is 0 Å². The van der Waals surface area contributed by atoms with E-state index < -0.39 is 0 Å². The van der Waals surface area contributed by atoms with Crippen molar-refractivity contribution in [1.29, 1.82) is 5.26 Å². The van der Waals surface area contributed by atoms with Crippen molar-refractivity contribution in [2.24, 2.45) is 0 Å². The van der Waals surface area contributed by atoms with Gasteiger partial charge in [-0.15, -0.1) is 0 Å². The number of aryl methyl sites for hydroxylation is 1. The van der Waals surface area contributed by atoms with Crippen LogP contribution in [0.1, 0.15) is 17.5 Å². The predicted molar refractivity (Wildman–Crippen MR) is 69.5 cm³/mol. The topological polar surface area (TPSA) is 45.0 Å². The van der Waals surface area contributed by atoms with Crippen LogP contribution in [0, 0.1) is 18.3 Å². The molecular formula is C13H17ClN2O. The predicted octanol–water partition coefficient (Wildman–Crippen LogP) is 2.70. The number of hydrogen-bond acceptors (Lipinski definition) is 3. The second-order valence-electron chi connectivity index (χ2n) is 3.82. The van der Waals surface area contributed by atoms with Crippen molar-refractivity contribution in [3.05, 3.63) is 28.3 Å². The van der Waals surface area contributed by atoms with Crippen LogP contribution >= 0.6 is 11.6 Å². The Bertz CT molecular complexity index is 413. The minimum absolute atomic E-state index is 0.533. The quantitative estimate of drug-likeness (QED) is 0.792. The maximum atomic E-state index is 8.41. The smallest absolute Gasteiger partial charge is 0.125 e. The average molecular weight is 253 g/mol. The molecule has 0 atom stereocenters. The zero-order chi connectivity index (χ0) is 12.7. The van der Waals surface area contributed by atoms with Gasteiger partial charge in [0.1, 0.15) is 5.75 Å². The molecule has 0 heterocycles. The van der Waals surface area contributed by atoms with Crippen LogP contribution in [0.5, 0.6) is 5.75 Å². The van der Waals surface area contributed by atoms with Crippen LogP contribution in [0.3, 0.4) is 0 Å². The first-order valence-electron chi connectivity index (χ1n) is 5.59. The van der Waals surface area contributed by atoms with Gasteiger partial charge in [-0.3, -0.25) is 0 Å². The minimum Gasteiger partial charge on any atom is -0.496 e. The molecule has 1 rings (SSSR count). The lowest BCUT2D eigenvalue weighted by molar-refractivity contribution is 0.406. The number of halogens is 1. The third kappa shape index (κ3) is 4.26. The standard InChI is InChI=1S/C13H17ClN2O/c1-10-8-12(14)9-11(13(10)17-2)4-7-16-6-3-5-15/h8-9,16H,3-4,6-7H2,1-2H3. The van der Waals surface area contributed by atoms with Crippen LogP contribution in [0.25, 0.3) is 0 Å². The number of rotatable bonds is 6. The molecule has 1 aromatic rings. The summed E-state index contributed by atoms with van der Waals surface area (Å²) in [5.41, 5.74) is 2.15. The molecule has 1 aromatic carbocycles. The molecule has 4 heteroatoms. The van der Waals surface area contributed by atoms with E-state index >= 15 is 0 Å². The first kappa shape index (κ1) is 13.8. The number of nitrogens with one attached hydrogen (secondary N) is 1. The highest BCUT2D eigenvalue weighted by atomic mass is 35.5. The lowest BCUT2D eigenvalue weighted by Crippen LogP contribution is -2.18. The maximum Gasteiger partial charge on any atom is 0.125 e. The number of ether oxygens (including phenoxy) is 1. The fraction of sp³-hybridized carbons (Fsp3) is 0.462. The highest BCUT2D eigenvalue weighted by Gasteiger charge is 2.07. The summed E-state index contributed by atoms with van der Waals surface area (Å²) in [5.74, 6) is 0.900. The second-order valence-corrected chi connectivity index (χ2v) is 4.26. The number of hydrogen-bond donors (Lipinski definition) is 1. The molecule has 1 N–H and O–H groups in total. The maximum absolute atomic E-state index is 8.41. The summed E-state index contributed by atoms with van der Waals surface area (Å²) in [7, 11) is 1.67. The molecule has 0 radical (unpaired) electrons. The Morgan fingerprint density at radius 2 is 2.18 bits per heavy atom. The van der Waals surface area contributed by atoms with Crippen molar-refractivity contribution < 1.29 is 4.74 Å². The van der Waals surface area contributed by atoms with Crippen LogP contribution in [0.2, 0.25) is 5.02 Å². The summed E-state index contributed by atoms with van der Waals surface area (Å²) < 4.78 is 5.37. The summed E-state index contributed by atoms with van der Waals surface area (Å²) in [4.78, 5) is 0. The van der Waals surface area contributed by atoms with E-state index in [1.807, 2.05) is 19.1 Å². The Kier molecular flexibility index (Phi) is 5.82. The van der Waals surface area contributed by atoms with Crippen LogP contribution in [0.4, 0.5) is 0 Å². The van der Waals surface area contributed by atoms with Crippen molar-refractivity contribution in [2.45, 2.75) is 19.8 Å². The summed E-state index contributed by atoms with van der Waals surface area (Å²) in [6.07, 6.45) is 1.38. The molecule has 0 saturated heterocycles. The van der Waals surface area contributed by atoms with Crippen molar-refractivity contribution in [1.82, 2.24) is 5.32 Å². The van der Waals surface area contributed by atoms with Gasteiger partial charge in [-0.05, 0) is 43.1 Å². The summed E-state index contributed by atoms with van der Waals surface area (Å²) in [6.45, 7) is 3.52. The lowest BCUT2D eigenvalue weighted by Gasteiger charge is -2.12. The molecular weight excluding hydrogens is 236 g/mol. The molecule has 0 aliphatic heterocycles. The van der Waals surface area contributed by atoms with Crippen LogP contribution in [0.15, 0.2) is 12.1 Å². The van der Waals surface area contributed by atoms with Gasteiger partial charge in [0.15, 0.2) is 0 Å². The molecule has 0 amide bonds. The summed E-state index contributed by atoms with van der Waals surface area (Å²) in [6, 6.07) is 5.92. The van der Waals surface area contributed by atoms with Gasteiger partial charge in [-0.25, -0.2) is 0 Å². The SMILES string of the molecule is COc1c(C)cc(Cl)cc1CCNCCC#N. The average Bonchev–Trinajstić information content (AvgIpc) is 2.28. The van der Waals surface area contributed by atoms with Gasteiger partial charge >= 0.3 is 0 Å². The molecule has 0 aliphatic rings. The van der Waals surface area contributed by atoms with Crippen LogP contribution in [-0.2, 0) is 6.42 Å². The molecule has 0 saturated carbocycles. The summed E-state index contributed by atoms with van der Waals surface area (Å²) >= 11 is 6.02. The monoisotopic (exact) mass is 252 g/mol. The second kappa shape index (κ2) is 7.16. The number of nitrogens with zero attached hydrogens (tertiary/aromatic N) is 1. The van der Waals surface area contributed by atoms with Gasteiger partial charge in [0.2, 0.25) is 0 Å². The Morgan fingerprint density at radius 1 is 1.41 bits per heavy atom. The normalized spacial score (nSPS) is 10.0. The molecule has 0 aliphatic carbocycles. The molecule has 0 bridgehead atoms. The van der Waals surface area contributed by atoms with E-state index in [1.165, 1.54) is 0 Å². The first-order chi connectivity index (χ1) is 8.19. The molecule has 0 fully saturated rings. The van der Waals surface area contributed by atoms with Gasteiger partial charge in [-0.2, -0.15) is 5.26 Å². The summed E-state index contributed by atoms with van der Waals surface area (Å²) in [5, 5.41) is 12.3. The van der Waals surface area contributed by atoms with Crippen LogP contribution < -0.4 is 10.1 Å². The van der Waals surface area contributed by atoms with E-state index in [0.29, 0.717) is 6.42 Å². The van der Waals surface area contributed by atoms with E-state index in [1.54, 1.807) is 7.11 Å². The van der Waals surface area contributed by atoms with E-state index in [-0.39, 0.29) is 0 Å². The number of nitriles is 1. The third-order valence-electron chi connectivity index (χ3n) is 2.51. The fourth-order valence-electron chi connectivity index (χ4n) is 1.77. The lowest BCUT2D eigenvalue weighted by atomic mass is 10.1. The Morgan fingerprint density at radius 3 is 2.82 bits per heavy atom. The molecule has 3 nitrogen and oxygen atoms in total. The largest absolute Gasteiger partial charge is 0.496 e. The number of benzene rings is 1. The number of methoxy groups -OCH3 is 1. The van der Waals surface area contributed by atoms with Crippen molar-refractivity contribution in [3.63, 3.8) is 0 Å². The Hall–Kier alpha value is -1.24. The van der Waals surface area contributed by atoms with Gasteiger partial charge in [0, 0.05) is 18.0 Å². The first-order valence-corrected chi connectivity index (χ1v) is 5.97. The molecule has 0 aromatic heterocycles. The van der Waals surface area contributed by atoms with Gasteiger partial charge < -0.3 is 10.1 Å². The van der Waals surface area contributed by atoms with Gasteiger partial charge in [-0.1, -0.05) is 11.6 Å². The zero-order valence-electron chi connectivity index (χ0n) is 10.2. The Balaban J connectivity index is 2.60. The van der Waals surface area contributed by atoms with Crippen molar-refractivity contribution in [3.8, 4) is 11.8 Å². The minimum atomic E-state index is 0.533. The highest BCUT2D eigenvalue weighted by Crippen LogP contribution is 2.27. The molecule has 0 spiro atoms. The Labute approximate surface area is 107 Å². The van der Waals surface area contributed by atoms with E-state index in [0.717, 1.165) is 41.4 Å². The van der Waals surface area contributed by atoms with Gasteiger partial charge in [0.05, 0.1) is 13.2 Å². The highest BCUT2D eigenvalue weighted by molar-refractivity contribution is 6.30. The molecule has 17 heavy (non-hydrogen) atoms. The van der Waals surface area contributed by atoms with Crippen molar-refractivity contribution in [2.75, 3.05) is 20.2 Å². The van der Waals surface area contributed by atoms with E-state index in [2.05, 4.69) is 11.4 Å². The third-order valence-corrected chi connectivity index (χ3v) is 2.72. The van der Waals surface area contributed by atoms with Crippen LogP contribution in [-0.4, -0.2) is 20.2 Å². The van der Waals surface area contributed by atoms with Crippen molar-refractivity contribution >= 4 is 11.6 Å². The fourth-order valence-corrected chi connectivity index (χ4v) is 2.06. The van der Waals surface area contributed by atoms with E-state index in [4.69, 9.17) is 21.6 Å². The molecule has 92 valence electrons. The van der Waals surface area contributed by atoms with Gasteiger partial charge in [0.25, 0.3) is 0 Å². The molecule has 0 unspecified atom stereocenters. The zero-order valence-corrected chi connectivity index (χ0v) is 11.0.